The van der Waals surface area contributed by atoms with Gasteiger partial charge in [-0.25, -0.2) is 0 Å². The maximum atomic E-state index is 6.84. The van der Waals surface area contributed by atoms with E-state index in [1.54, 1.807) is 13.4 Å². The number of methoxy groups -OCH3 is 1. The van der Waals surface area contributed by atoms with Crippen molar-refractivity contribution in [2.24, 2.45) is 17.8 Å². The first-order valence-corrected chi connectivity index (χ1v) is 17.2. The average Bonchev–Trinajstić information content (AvgIpc) is 3.85. The Hall–Kier alpha value is -1.45. The molecule has 240 valence electrons. The van der Waals surface area contributed by atoms with E-state index in [1.807, 2.05) is 6.07 Å². The third-order valence-electron chi connectivity index (χ3n) is 9.33. The van der Waals surface area contributed by atoms with Crippen molar-refractivity contribution in [2.45, 2.75) is 109 Å². The van der Waals surface area contributed by atoms with Crippen LogP contribution in [0.2, 0.25) is 0 Å². The van der Waals surface area contributed by atoms with E-state index in [1.165, 1.54) is 24.0 Å². The van der Waals surface area contributed by atoms with E-state index < -0.39 is 0 Å². The van der Waals surface area contributed by atoms with Crippen molar-refractivity contribution in [1.29, 1.82) is 0 Å². The first-order valence-electron chi connectivity index (χ1n) is 16.3. The summed E-state index contributed by atoms with van der Waals surface area (Å²) in [5.41, 5.74) is 2.42. The van der Waals surface area contributed by atoms with Gasteiger partial charge in [0, 0.05) is 38.9 Å². The van der Waals surface area contributed by atoms with E-state index in [0.29, 0.717) is 32.3 Å². The predicted molar refractivity (Wildman–Crippen MR) is 174 cm³/mol. The molecular weight excluding hydrogens is 560 g/mol. The van der Waals surface area contributed by atoms with Gasteiger partial charge in [-0.2, -0.15) is 12.6 Å². The summed E-state index contributed by atoms with van der Waals surface area (Å²) in [6, 6.07) is 20.9. The maximum absolute atomic E-state index is 6.84. The summed E-state index contributed by atoms with van der Waals surface area (Å²) in [6.07, 6.45) is 8.81. The summed E-state index contributed by atoms with van der Waals surface area (Å²) in [5, 5.41) is 0. The molecule has 1 aliphatic carbocycles. The van der Waals surface area contributed by atoms with Crippen molar-refractivity contribution in [3.8, 4) is 0 Å². The molecular formula is C36H54O6S. The van der Waals surface area contributed by atoms with Crippen LogP contribution < -0.4 is 0 Å². The standard InChI is InChI=1S/C35H50O6.CH4S/c1-4-28-19-31(28)34(39-24-27-13-9-6-10-14-27)21-30-20-33(41-35-22-29(36-3)15-18-38-35)25(2)32(40-30)16-17-37-23-26-11-7-5-8-12-26;1-2/h5-14,25,28-35H,4,15-24H2,1-3H3;2H,1H3. The number of hydrogen-bond donors (Lipinski definition) is 1. The molecule has 3 aliphatic rings. The summed E-state index contributed by atoms with van der Waals surface area (Å²) in [5.74, 6) is 1.61. The minimum atomic E-state index is -0.229. The molecule has 0 amide bonds. The monoisotopic (exact) mass is 614 g/mol. The van der Waals surface area contributed by atoms with E-state index in [0.717, 1.165) is 38.0 Å². The van der Waals surface area contributed by atoms with Crippen LogP contribution in [0.1, 0.15) is 69.9 Å². The second kappa shape index (κ2) is 18.5. The van der Waals surface area contributed by atoms with Gasteiger partial charge in [-0.05, 0) is 48.5 Å². The Kier molecular flexibility index (Phi) is 14.8. The first-order chi connectivity index (χ1) is 21.1. The molecule has 9 atom stereocenters. The summed E-state index contributed by atoms with van der Waals surface area (Å²) >= 11 is 3.53. The molecule has 6 nitrogen and oxygen atoms in total. The lowest BCUT2D eigenvalue weighted by atomic mass is 9.86. The van der Waals surface area contributed by atoms with Gasteiger partial charge in [0.2, 0.25) is 0 Å². The minimum absolute atomic E-state index is 0.0597. The topological polar surface area (TPSA) is 55.4 Å². The largest absolute Gasteiger partial charge is 0.381 e. The van der Waals surface area contributed by atoms with Crippen LogP contribution in [0.15, 0.2) is 60.7 Å². The Bertz CT molecular complexity index is 1010. The average molecular weight is 615 g/mol. The molecule has 0 N–H and O–H groups in total. The second-order valence-corrected chi connectivity index (χ2v) is 12.2. The lowest BCUT2D eigenvalue weighted by molar-refractivity contribution is -0.248. The number of thiol groups is 1. The molecule has 0 aromatic heterocycles. The molecule has 9 unspecified atom stereocenters. The van der Waals surface area contributed by atoms with Crippen molar-refractivity contribution in [1.82, 2.24) is 0 Å². The van der Waals surface area contributed by atoms with Gasteiger partial charge >= 0.3 is 0 Å². The van der Waals surface area contributed by atoms with Crippen LogP contribution in [-0.2, 0) is 41.6 Å². The minimum Gasteiger partial charge on any atom is -0.381 e. The molecule has 2 aromatic rings. The molecule has 2 saturated heterocycles. The molecule has 1 saturated carbocycles. The Morgan fingerprint density at radius 3 is 2.28 bits per heavy atom. The summed E-state index contributed by atoms with van der Waals surface area (Å²) < 4.78 is 37.9. The first kappa shape index (κ1) is 34.4. The van der Waals surface area contributed by atoms with Crippen LogP contribution >= 0.6 is 12.6 Å². The van der Waals surface area contributed by atoms with Crippen LogP contribution in [0.4, 0.5) is 0 Å². The Labute approximate surface area is 265 Å². The van der Waals surface area contributed by atoms with E-state index >= 15 is 0 Å². The number of rotatable bonds is 15. The fraction of sp³-hybridized carbons (Fsp3) is 0.667. The van der Waals surface area contributed by atoms with Crippen molar-refractivity contribution < 1.29 is 28.4 Å². The van der Waals surface area contributed by atoms with Gasteiger partial charge in [0.25, 0.3) is 0 Å². The fourth-order valence-corrected chi connectivity index (χ4v) is 6.60. The zero-order valence-electron chi connectivity index (χ0n) is 26.6. The van der Waals surface area contributed by atoms with Crippen LogP contribution in [0.5, 0.6) is 0 Å². The van der Waals surface area contributed by atoms with Crippen LogP contribution in [-0.4, -0.2) is 63.4 Å². The van der Waals surface area contributed by atoms with Crippen LogP contribution in [0, 0.1) is 17.8 Å². The van der Waals surface area contributed by atoms with Crippen molar-refractivity contribution in [3.05, 3.63) is 71.8 Å². The fourth-order valence-electron chi connectivity index (χ4n) is 6.60. The lowest BCUT2D eigenvalue weighted by Crippen LogP contribution is -2.48. The number of benzene rings is 2. The van der Waals surface area contributed by atoms with Crippen LogP contribution in [0.3, 0.4) is 0 Å². The Morgan fingerprint density at radius 2 is 1.63 bits per heavy atom. The normalized spacial score (nSPS) is 31.1. The molecule has 0 radical (unpaired) electrons. The lowest BCUT2D eigenvalue weighted by Gasteiger charge is -2.43. The Morgan fingerprint density at radius 1 is 0.930 bits per heavy atom. The van der Waals surface area contributed by atoms with Gasteiger partial charge in [-0.15, -0.1) is 0 Å². The third kappa shape index (κ3) is 10.8. The predicted octanol–water partition coefficient (Wildman–Crippen LogP) is 7.49. The molecule has 0 spiro atoms. The summed E-state index contributed by atoms with van der Waals surface area (Å²) in [6.45, 7) is 7.16. The third-order valence-corrected chi connectivity index (χ3v) is 9.33. The molecule has 7 heteroatoms. The molecule has 3 fully saturated rings. The van der Waals surface area contributed by atoms with E-state index in [2.05, 4.69) is 81.1 Å². The van der Waals surface area contributed by atoms with Gasteiger partial charge in [-0.3, -0.25) is 0 Å². The summed E-state index contributed by atoms with van der Waals surface area (Å²) in [4.78, 5) is 0. The van der Waals surface area contributed by atoms with Gasteiger partial charge in [0.15, 0.2) is 6.29 Å². The highest BCUT2D eigenvalue weighted by Crippen LogP contribution is 2.47. The highest BCUT2D eigenvalue weighted by atomic mass is 32.1. The second-order valence-electron chi connectivity index (χ2n) is 12.2. The van der Waals surface area contributed by atoms with Gasteiger partial charge in [-0.1, -0.05) is 80.9 Å². The van der Waals surface area contributed by atoms with Crippen molar-refractivity contribution in [3.63, 3.8) is 0 Å². The number of ether oxygens (including phenoxy) is 6. The smallest absolute Gasteiger partial charge is 0.160 e. The summed E-state index contributed by atoms with van der Waals surface area (Å²) in [7, 11) is 1.78. The Balaban J connectivity index is 0.00000207. The molecule has 2 aliphatic heterocycles. The molecule has 0 bridgehead atoms. The van der Waals surface area contributed by atoms with E-state index in [4.69, 9.17) is 28.4 Å². The molecule has 2 aromatic carbocycles. The SMILES string of the molecule is CCC1CC1C(CC1CC(OC2CC(OC)CCO2)C(C)C(CCOCc2ccccc2)O1)OCc1ccccc1.CS. The van der Waals surface area contributed by atoms with Crippen molar-refractivity contribution >= 4 is 12.6 Å². The highest BCUT2D eigenvalue weighted by molar-refractivity contribution is 7.79. The molecule has 43 heavy (non-hydrogen) atoms. The van der Waals surface area contributed by atoms with Gasteiger partial charge in [0.1, 0.15) is 0 Å². The number of hydrogen-bond acceptors (Lipinski definition) is 7. The maximum Gasteiger partial charge on any atom is 0.160 e. The zero-order chi connectivity index (χ0) is 30.4. The van der Waals surface area contributed by atoms with E-state index in [-0.39, 0.29) is 42.7 Å². The van der Waals surface area contributed by atoms with Crippen molar-refractivity contribution in [2.75, 3.05) is 26.6 Å². The molecule has 5 rings (SSSR count). The zero-order valence-corrected chi connectivity index (χ0v) is 27.5. The van der Waals surface area contributed by atoms with Gasteiger partial charge in [0.05, 0.1) is 50.3 Å². The van der Waals surface area contributed by atoms with Crippen LogP contribution in [0.25, 0.3) is 0 Å². The van der Waals surface area contributed by atoms with E-state index in [9.17, 15) is 0 Å². The molecule has 2 heterocycles. The van der Waals surface area contributed by atoms with Gasteiger partial charge < -0.3 is 28.4 Å². The quantitative estimate of drug-likeness (QED) is 0.166. The highest BCUT2D eigenvalue weighted by Gasteiger charge is 2.45.